The number of nitrogens with zero attached hydrogens (tertiary/aromatic N) is 2. The minimum absolute atomic E-state index is 0.204. The number of hydrogen-bond acceptors (Lipinski definition) is 4. The summed E-state index contributed by atoms with van der Waals surface area (Å²) >= 11 is 5.85. The quantitative estimate of drug-likeness (QED) is 0.478. The zero-order valence-corrected chi connectivity index (χ0v) is 16.5. The van der Waals surface area contributed by atoms with E-state index in [1.807, 2.05) is 12.1 Å². The number of hydrazone groups is 1. The van der Waals surface area contributed by atoms with Crippen molar-refractivity contribution in [3.05, 3.63) is 94.8 Å². The zero-order valence-electron chi connectivity index (χ0n) is 15.7. The minimum atomic E-state index is -0.249. The van der Waals surface area contributed by atoms with E-state index < -0.39 is 0 Å². The van der Waals surface area contributed by atoms with Crippen molar-refractivity contribution in [3.63, 3.8) is 0 Å². The second-order valence-electron chi connectivity index (χ2n) is 6.31. The van der Waals surface area contributed by atoms with Crippen LogP contribution < -0.4 is 10.7 Å². The van der Waals surface area contributed by atoms with Gasteiger partial charge in [-0.3, -0.25) is 14.6 Å². The van der Waals surface area contributed by atoms with Crippen molar-refractivity contribution in [3.8, 4) is 0 Å². The Kier molecular flexibility index (Phi) is 6.71. The van der Waals surface area contributed by atoms with Gasteiger partial charge in [-0.1, -0.05) is 35.9 Å². The highest BCUT2D eigenvalue weighted by atomic mass is 35.5. The molecule has 1 aromatic heterocycles. The fraction of sp³-hybridized carbons (Fsp3) is 0.0909. The van der Waals surface area contributed by atoms with E-state index in [-0.39, 0.29) is 18.2 Å². The monoisotopic (exact) mass is 406 g/mol. The molecule has 0 radical (unpaired) electrons. The maximum absolute atomic E-state index is 12.3. The van der Waals surface area contributed by atoms with E-state index in [0.29, 0.717) is 22.0 Å². The van der Waals surface area contributed by atoms with Crippen LogP contribution >= 0.6 is 11.6 Å². The van der Waals surface area contributed by atoms with Crippen LogP contribution in [0.1, 0.15) is 28.4 Å². The standard InChI is InChI=1S/C22H19ClN4O2/c1-15(26-27-21(28)12-16-7-9-19(23)10-8-16)17-4-2-6-20(13-17)25-22(29)18-5-3-11-24-14-18/h2-11,13-14H,12H2,1H3,(H,25,29)(H,27,28)/b26-15+. The third-order valence-corrected chi connectivity index (χ3v) is 4.34. The third kappa shape index (κ3) is 5.99. The lowest BCUT2D eigenvalue weighted by Crippen LogP contribution is -2.21. The molecule has 146 valence electrons. The molecule has 2 N–H and O–H groups in total. The molecule has 7 heteroatoms. The van der Waals surface area contributed by atoms with Gasteiger partial charge in [-0.2, -0.15) is 5.10 Å². The van der Waals surface area contributed by atoms with Crippen LogP contribution in [0, 0.1) is 0 Å². The maximum Gasteiger partial charge on any atom is 0.257 e. The first kappa shape index (κ1) is 20.2. The summed E-state index contributed by atoms with van der Waals surface area (Å²) in [4.78, 5) is 28.3. The minimum Gasteiger partial charge on any atom is -0.322 e. The first-order chi connectivity index (χ1) is 14.0. The van der Waals surface area contributed by atoms with E-state index in [9.17, 15) is 9.59 Å². The summed E-state index contributed by atoms with van der Waals surface area (Å²) in [5.41, 5.74) is 5.89. The highest BCUT2D eigenvalue weighted by Crippen LogP contribution is 2.13. The van der Waals surface area contributed by atoms with Gasteiger partial charge in [0.05, 0.1) is 17.7 Å². The summed E-state index contributed by atoms with van der Waals surface area (Å²) in [6, 6.07) is 17.7. The van der Waals surface area contributed by atoms with Crippen LogP contribution in [0.15, 0.2) is 78.2 Å². The van der Waals surface area contributed by atoms with E-state index in [4.69, 9.17) is 11.6 Å². The number of aromatic nitrogens is 1. The van der Waals surface area contributed by atoms with Crippen LogP contribution in [0.3, 0.4) is 0 Å². The van der Waals surface area contributed by atoms with Crippen molar-refractivity contribution >= 4 is 34.8 Å². The van der Waals surface area contributed by atoms with Crippen molar-refractivity contribution in [1.29, 1.82) is 0 Å². The summed E-state index contributed by atoms with van der Waals surface area (Å²) in [7, 11) is 0. The largest absolute Gasteiger partial charge is 0.322 e. The molecule has 2 amide bonds. The molecule has 29 heavy (non-hydrogen) atoms. The molecule has 1 heterocycles. The van der Waals surface area contributed by atoms with Gasteiger partial charge in [-0.05, 0) is 54.4 Å². The normalized spacial score (nSPS) is 11.0. The molecule has 0 aliphatic carbocycles. The van der Waals surface area contributed by atoms with E-state index in [2.05, 4.69) is 20.8 Å². The fourth-order valence-corrected chi connectivity index (χ4v) is 2.69. The first-order valence-electron chi connectivity index (χ1n) is 8.90. The van der Waals surface area contributed by atoms with Gasteiger partial charge in [0.1, 0.15) is 0 Å². The van der Waals surface area contributed by atoms with Gasteiger partial charge in [0, 0.05) is 23.1 Å². The zero-order chi connectivity index (χ0) is 20.6. The van der Waals surface area contributed by atoms with E-state index >= 15 is 0 Å². The highest BCUT2D eigenvalue weighted by molar-refractivity contribution is 6.30. The van der Waals surface area contributed by atoms with Gasteiger partial charge >= 0.3 is 0 Å². The Morgan fingerprint density at radius 3 is 2.52 bits per heavy atom. The van der Waals surface area contributed by atoms with Crippen molar-refractivity contribution in [1.82, 2.24) is 10.4 Å². The number of rotatable bonds is 6. The summed E-state index contributed by atoms with van der Waals surface area (Å²) < 4.78 is 0. The second kappa shape index (κ2) is 9.61. The molecule has 0 aliphatic heterocycles. The summed E-state index contributed by atoms with van der Waals surface area (Å²) in [5.74, 6) is -0.478. The number of pyridine rings is 1. The van der Waals surface area contributed by atoms with Crippen LogP contribution in [0.5, 0.6) is 0 Å². The van der Waals surface area contributed by atoms with Gasteiger partial charge in [0.2, 0.25) is 5.91 Å². The average molecular weight is 407 g/mol. The van der Waals surface area contributed by atoms with Gasteiger partial charge < -0.3 is 5.32 Å². The fourth-order valence-electron chi connectivity index (χ4n) is 2.56. The number of amides is 2. The molecular weight excluding hydrogens is 388 g/mol. The molecule has 6 nitrogen and oxygen atoms in total. The Labute approximate surface area is 173 Å². The molecule has 3 aromatic rings. The summed E-state index contributed by atoms with van der Waals surface area (Å²) in [6.07, 6.45) is 3.32. The number of carbonyl (C=O) groups is 2. The maximum atomic E-state index is 12.3. The van der Waals surface area contributed by atoms with E-state index in [0.717, 1.165) is 11.1 Å². The highest BCUT2D eigenvalue weighted by Gasteiger charge is 2.08. The third-order valence-electron chi connectivity index (χ3n) is 4.09. The van der Waals surface area contributed by atoms with Crippen molar-refractivity contribution in [2.45, 2.75) is 13.3 Å². The lowest BCUT2D eigenvalue weighted by Gasteiger charge is -2.08. The van der Waals surface area contributed by atoms with Crippen molar-refractivity contribution in [2.75, 3.05) is 5.32 Å². The molecule has 2 aromatic carbocycles. The van der Waals surface area contributed by atoms with Gasteiger partial charge in [-0.25, -0.2) is 5.43 Å². The predicted molar refractivity (Wildman–Crippen MR) is 114 cm³/mol. The van der Waals surface area contributed by atoms with Crippen LogP contribution in [0.4, 0.5) is 5.69 Å². The summed E-state index contributed by atoms with van der Waals surface area (Å²) in [5, 5.41) is 7.60. The van der Waals surface area contributed by atoms with Gasteiger partial charge in [-0.15, -0.1) is 0 Å². The molecule has 0 bridgehead atoms. The van der Waals surface area contributed by atoms with E-state index in [1.54, 1.807) is 61.7 Å². The first-order valence-corrected chi connectivity index (χ1v) is 9.28. The Bertz CT molecular complexity index is 1030. The van der Waals surface area contributed by atoms with Crippen LogP contribution in [-0.4, -0.2) is 22.5 Å². The second-order valence-corrected chi connectivity index (χ2v) is 6.75. The number of anilines is 1. The molecule has 3 rings (SSSR count). The Morgan fingerprint density at radius 2 is 1.79 bits per heavy atom. The smallest absolute Gasteiger partial charge is 0.257 e. The van der Waals surface area contributed by atoms with Crippen molar-refractivity contribution < 1.29 is 9.59 Å². The lowest BCUT2D eigenvalue weighted by molar-refractivity contribution is -0.120. The number of carbonyl (C=O) groups excluding carboxylic acids is 2. The molecule has 0 aliphatic rings. The van der Waals surface area contributed by atoms with E-state index in [1.165, 1.54) is 6.20 Å². The molecular formula is C22H19ClN4O2. The molecule has 0 saturated carbocycles. The summed E-state index contributed by atoms with van der Waals surface area (Å²) in [6.45, 7) is 1.78. The SMILES string of the molecule is C/C(=N\NC(=O)Cc1ccc(Cl)cc1)c1cccc(NC(=O)c2cccnc2)c1. The molecule has 0 spiro atoms. The van der Waals surface area contributed by atoms with Gasteiger partial charge in [0.25, 0.3) is 5.91 Å². The Morgan fingerprint density at radius 1 is 1.03 bits per heavy atom. The molecule has 0 fully saturated rings. The van der Waals surface area contributed by atoms with Crippen LogP contribution in [0.2, 0.25) is 5.02 Å². The number of halogens is 1. The molecule has 0 saturated heterocycles. The number of nitrogens with one attached hydrogen (secondary N) is 2. The Hall–Kier alpha value is -3.51. The van der Waals surface area contributed by atoms with Crippen molar-refractivity contribution in [2.24, 2.45) is 5.10 Å². The van der Waals surface area contributed by atoms with Gasteiger partial charge in [0.15, 0.2) is 0 Å². The number of benzene rings is 2. The van der Waals surface area contributed by atoms with Crippen LogP contribution in [0.25, 0.3) is 0 Å². The van der Waals surface area contributed by atoms with Crippen LogP contribution in [-0.2, 0) is 11.2 Å². The predicted octanol–water partition coefficient (Wildman–Crippen LogP) is 4.07. The lowest BCUT2D eigenvalue weighted by atomic mass is 10.1. The average Bonchev–Trinajstić information content (AvgIpc) is 2.74. The Balaban J connectivity index is 1.62. The molecule has 0 atom stereocenters. The number of hydrogen-bond donors (Lipinski definition) is 2. The topological polar surface area (TPSA) is 83.5 Å². The molecule has 0 unspecified atom stereocenters.